The third-order valence-corrected chi connectivity index (χ3v) is 7.30. The second-order valence-electron chi connectivity index (χ2n) is 10.4. The van der Waals surface area contributed by atoms with Crippen molar-refractivity contribution in [3.05, 3.63) is 89.0 Å². The standard InChI is InChI=1S/C18H23F3N2O.C14H17N3O3/c1-3-4-5-6-9-14(2)15-10-7-8-11-16(15)23(17(24)12-22)13-18(19,20)21;1-16-13(20)14(17-8-18)5-4-9-6-10(12(15)19)2-3-11(9)7-14/h3-8,10-11,14H,9,12-13,22H2,1-2H3;2-3,6,8H,4-5,7H2,1H3,(H2,15,19)(H,16,20)(H,17,18)/b4-3-,6-5-;. The van der Waals surface area contributed by atoms with Crippen molar-refractivity contribution in [2.45, 2.75) is 57.2 Å². The van der Waals surface area contributed by atoms with Gasteiger partial charge in [-0.2, -0.15) is 13.2 Å². The third kappa shape index (κ3) is 9.80. The average Bonchev–Trinajstić information content (AvgIpc) is 3.00. The molecule has 0 fully saturated rings. The molecular weight excluding hydrogens is 575 g/mol. The lowest BCUT2D eigenvalue weighted by molar-refractivity contribution is -0.131. The van der Waals surface area contributed by atoms with Crippen LogP contribution in [0.5, 0.6) is 0 Å². The normalized spacial score (nSPS) is 16.8. The maximum Gasteiger partial charge on any atom is 0.406 e. The van der Waals surface area contributed by atoms with Crippen molar-refractivity contribution in [2.24, 2.45) is 11.5 Å². The summed E-state index contributed by atoms with van der Waals surface area (Å²) in [6, 6.07) is 11.8. The van der Waals surface area contributed by atoms with Gasteiger partial charge in [0.2, 0.25) is 24.1 Å². The van der Waals surface area contributed by atoms with Gasteiger partial charge in [0.25, 0.3) is 0 Å². The van der Waals surface area contributed by atoms with E-state index >= 15 is 0 Å². The molecule has 0 aromatic heterocycles. The van der Waals surface area contributed by atoms with Gasteiger partial charge >= 0.3 is 6.18 Å². The molecule has 3 rings (SSSR count). The first kappa shape index (κ1) is 35.7. The minimum Gasteiger partial charge on any atom is -0.366 e. The summed E-state index contributed by atoms with van der Waals surface area (Å²) >= 11 is 0. The highest BCUT2D eigenvalue weighted by Crippen LogP contribution is 2.32. The van der Waals surface area contributed by atoms with Gasteiger partial charge in [0.15, 0.2) is 0 Å². The molecule has 4 amide bonds. The van der Waals surface area contributed by atoms with Crippen LogP contribution >= 0.6 is 0 Å². The highest BCUT2D eigenvalue weighted by atomic mass is 19.4. The number of carbonyl (C=O) groups is 4. The van der Waals surface area contributed by atoms with E-state index in [4.69, 9.17) is 11.5 Å². The Hall–Kier alpha value is -4.45. The number of nitrogens with one attached hydrogen (secondary N) is 2. The van der Waals surface area contributed by atoms with Crippen molar-refractivity contribution in [3.8, 4) is 0 Å². The summed E-state index contributed by atoms with van der Waals surface area (Å²) in [4.78, 5) is 46.7. The van der Waals surface area contributed by atoms with Gasteiger partial charge in [0.05, 0.1) is 6.54 Å². The van der Waals surface area contributed by atoms with Crippen LogP contribution < -0.4 is 27.0 Å². The Balaban J connectivity index is 0.000000311. The van der Waals surface area contributed by atoms with Crippen molar-refractivity contribution in [1.29, 1.82) is 0 Å². The van der Waals surface area contributed by atoms with E-state index < -0.39 is 36.6 Å². The number of primary amides is 1. The summed E-state index contributed by atoms with van der Waals surface area (Å²) in [5.74, 6) is -1.48. The van der Waals surface area contributed by atoms with E-state index in [1.807, 2.05) is 38.2 Å². The molecule has 0 heterocycles. The smallest absolute Gasteiger partial charge is 0.366 e. The zero-order valence-electron chi connectivity index (χ0n) is 25.1. The highest BCUT2D eigenvalue weighted by Gasteiger charge is 2.40. The fourth-order valence-corrected chi connectivity index (χ4v) is 5.03. The fourth-order valence-electron chi connectivity index (χ4n) is 5.03. The van der Waals surface area contributed by atoms with Gasteiger partial charge in [-0.1, -0.05) is 55.5 Å². The van der Waals surface area contributed by atoms with Gasteiger partial charge in [0, 0.05) is 24.7 Å². The number of hydrogen-bond acceptors (Lipinski definition) is 5. The van der Waals surface area contributed by atoms with Gasteiger partial charge in [-0.05, 0) is 67.0 Å². The van der Waals surface area contributed by atoms with Crippen LogP contribution in [0.3, 0.4) is 0 Å². The van der Waals surface area contributed by atoms with Gasteiger partial charge in [-0.15, -0.1) is 0 Å². The molecule has 0 saturated heterocycles. The number of nitrogens with two attached hydrogens (primary N) is 2. The molecule has 2 aromatic carbocycles. The molecule has 0 radical (unpaired) electrons. The molecule has 44 heavy (non-hydrogen) atoms. The van der Waals surface area contributed by atoms with Crippen LogP contribution in [0.2, 0.25) is 0 Å². The summed E-state index contributed by atoms with van der Waals surface area (Å²) < 4.78 is 38.6. The number of allylic oxidation sites excluding steroid dienone is 4. The Bertz CT molecular complexity index is 1380. The van der Waals surface area contributed by atoms with Crippen LogP contribution in [0, 0.1) is 0 Å². The number of carbonyl (C=O) groups excluding carboxylic acids is 4. The Kier molecular flexibility index (Phi) is 13.3. The Morgan fingerprint density at radius 2 is 1.82 bits per heavy atom. The quantitative estimate of drug-likeness (QED) is 0.225. The Labute approximate surface area is 255 Å². The molecule has 0 saturated carbocycles. The molecule has 0 aliphatic heterocycles. The van der Waals surface area contributed by atoms with Crippen LogP contribution in [0.25, 0.3) is 0 Å². The molecule has 0 spiro atoms. The van der Waals surface area contributed by atoms with Crippen LogP contribution in [0.1, 0.15) is 59.7 Å². The summed E-state index contributed by atoms with van der Waals surface area (Å²) in [5, 5.41) is 5.23. The number of halogens is 3. The number of hydrogen-bond donors (Lipinski definition) is 4. The maximum absolute atomic E-state index is 12.9. The van der Waals surface area contributed by atoms with Crippen LogP contribution in [0.4, 0.5) is 18.9 Å². The minimum absolute atomic E-state index is 0.0379. The first-order chi connectivity index (χ1) is 20.8. The number of nitrogens with zero attached hydrogens (tertiary/aromatic N) is 1. The molecule has 12 heteroatoms. The van der Waals surface area contributed by atoms with E-state index in [0.29, 0.717) is 43.2 Å². The van der Waals surface area contributed by atoms with E-state index in [1.165, 1.54) is 6.07 Å². The lowest BCUT2D eigenvalue weighted by Crippen LogP contribution is -2.59. The number of alkyl halides is 3. The molecule has 1 aliphatic carbocycles. The van der Waals surface area contributed by atoms with Crippen LogP contribution in [-0.4, -0.2) is 56.0 Å². The molecule has 9 nitrogen and oxygen atoms in total. The minimum atomic E-state index is -4.49. The molecular formula is C32H40F3N5O4. The Morgan fingerprint density at radius 1 is 1.11 bits per heavy atom. The second-order valence-corrected chi connectivity index (χ2v) is 10.4. The van der Waals surface area contributed by atoms with Crippen LogP contribution in [-0.2, 0) is 27.2 Å². The predicted molar refractivity (Wildman–Crippen MR) is 164 cm³/mol. The van der Waals surface area contributed by atoms with E-state index in [1.54, 1.807) is 43.4 Å². The number of benzene rings is 2. The SMILES string of the molecule is C/C=C\C=C/CC(C)c1ccccc1N(CC(F)(F)F)C(=O)CN.CNC(=O)C1(NC=O)CCc2cc(C(N)=O)ccc2C1. The molecule has 6 N–H and O–H groups in total. The molecule has 2 unspecified atom stereocenters. The number of aryl methyl sites for hydroxylation is 1. The molecule has 0 bridgehead atoms. The lowest BCUT2D eigenvalue weighted by atomic mass is 9.77. The topological polar surface area (TPSA) is 148 Å². The van der Waals surface area contributed by atoms with E-state index in [0.717, 1.165) is 16.0 Å². The van der Waals surface area contributed by atoms with E-state index in [2.05, 4.69) is 10.6 Å². The monoisotopic (exact) mass is 615 g/mol. The largest absolute Gasteiger partial charge is 0.406 e. The van der Waals surface area contributed by atoms with E-state index in [9.17, 15) is 32.3 Å². The van der Waals surface area contributed by atoms with Crippen molar-refractivity contribution in [3.63, 3.8) is 0 Å². The van der Waals surface area contributed by atoms with Gasteiger partial charge < -0.3 is 27.0 Å². The number of rotatable bonds is 11. The maximum atomic E-state index is 12.9. The number of likely N-dealkylation sites (N-methyl/N-ethyl adjacent to an activating group) is 1. The highest BCUT2D eigenvalue weighted by molar-refractivity contribution is 5.95. The first-order valence-corrected chi connectivity index (χ1v) is 14.1. The third-order valence-electron chi connectivity index (χ3n) is 7.30. The molecule has 238 valence electrons. The van der Waals surface area contributed by atoms with Crippen molar-refractivity contribution >= 4 is 29.8 Å². The number of amides is 4. The van der Waals surface area contributed by atoms with Crippen molar-refractivity contribution in [1.82, 2.24) is 10.6 Å². The number of anilines is 1. The number of para-hydroxylation sites is 1. The summed E-state index contributed by atoms with van der Waals surface area (Å²) in [7, 11) is 1.54. The molecule has 1 aliphatic rings. The molecule has 2 atom stereocenters. The predicted octanol–water partition coefficient (Wildman–Crippen LogP) is 3.67. The average molecular weight is 616 g/mol. The Morgan fingerprint density at radius 3 is 2.41 bits per heavy atom. The summed E-state index contributed by atoms with van der Waals surface area (Å²) in [6.45, 7) is 2.00. The fraction of sp³-hybridized carbons (Fsp3) is 0.375. The summed E-state index contributed by atoms with van der Waals surface area (Å²) in [6.07, 6.45) is 5.80. The van der Waals surface area contributed by atoms with Gasteiger partial charge in [-0.3, -0.25) is 19.2 Å². The van der Waals surface area contributed by atoms with Crippen LogP contribution in [0.15, 0.2) is 66.8 Å². The number of fused-ring (bicyclic) bond motifs is 1. The summed E-state index contributed by atoms with van der Waals surface area (Å²) in [5.41, 5.74) is 13.0. The van der Waals surface area contributed by atoms with Crippen molar-refractivity contribution < 1.29 is 32.3 Å². The van der Waals surface area contributed by atoms with Gasteiger partial charge in [-0.25, -0.2) is 0 Å². The zero-order valence-corrected chi connectivity index (χ0v) is 25.1. The second kappa shape index (κ2) is 16.4. The zero-order chi connectivity index (χ0) is 32.9. The lowest BCUT2D eigenvalue weighted by Gasteiger charge is -2.36. The van der Waals surface area contributed by atoms with Gasteiger partial charge in [0.1, 0.15) is 12.1 Å². The molecule has 2 aromatic rings. The van der Waals surface area contributed by atoms with E-state index in [-0.39, 0.29) is 17.5 Å². The first-order valence-electron chi connectivity index (χ1n) is 14.1. The van der Waals surface area contributed by atoms with Crippen molar-refractivity contribution in [2.75, 3.05) is 25.0 Å².